The molecule has 122 valence electrons. The first-order chi connectivity index (χ1) is 10.9. The molecule has 1 amide bonds. The third kappa shape index (κ3) is 5.03. The first-order valence-electron chi connectivity index (χ1n) is 7.04. The van der Waals surface area contributed by atoms with Crippen molar-refractivity contribution in [3.63, 3.8) is 0 Å². The molecule has 0 saturated heterocycles. The Hall–Kier alpha value is -1.42. The second-order valence-electron chi connectivity index (χ2n) is 5.31. The number of rotatable bonds is 5. The smallest absolute Gasteiger partial charge is 0.262 e. The van der Waals surface area contributed by atoms with Crippen molar-refractivity contribution in [2.24, 2.45) is 0 Å². The molecule has 0 fully saturated rings. The zero-order valence-corrected chi connectivity index (χ0v) is 15.0. The maximum Gasteiger partial charge on any atom is 0.262 e. The number of carbonyl (C=O) groups excluding carboxylic acids is 1. The van der Waals surface area contributed by atoms with Gasteiger partial charge in [0.05, 0.1) is 15.7 Å². The average molecular weight is 373 g/mol. The van der Waals surface area contributed by atoms with Crippen LogP contribution in [0.25, 0.3) is 0 Å². The third-order valence-corrected chi connectivity index (χ3v) is 4.00. The molecule has 0 aliphatic carbocycles. The van der Waals surface area contributed by atoms with Gasteiger partial charge in [0.1, 0.15) is 5.75 Å². The summed E-state index contributed by atoms with van der Waals surface area (Å²) in [5, 5.41) is 3.57. The van der Waals surface area contributed by atoms with Gasteiger partial charge in [-0.05, 0) is 35.7 Å². The molecule has 0 bridgehead atoms. The van der Waals surface area contributed by atoms with E-state index in [-0.39, 0.29) is 22.6 Å². The number of halogens is 3. The molecule has 0 aliphatic rings. The van der Waals surface area contributed by atoms with Crippen molar-refractivity contribution < 1.29 is 9.53 Å². The van der Waals surface area contributed by atoms with E-state index in [1.807, 2.05) is 24.3 Å². The minimum absolute atomic E-state index is 0.143. The first-order valence-corrected chi connectivity index (χ1v) is 8.17. The second-order valence-corrected chi connectivity index (χ2v) is 6.56. The molecule has 0 atom stereocenters. The molecule has 0 aromatic heterocycles. The maximum atomic E-state index is 12.0. The summed E-state index contributed by atoms with van der Waals surface area (Å²) in [4.78, 5) is 12.0. The third-order valence-electron chi connectivity index (χ3n) is 3.19. The predicted octanol–water partition coefficient (Wildman–Crippen LogP) is 5.79. The Kier molecular flexibility index (Phi) is 6.17. The van der Waals surface area contributed by atoms with Gasteiger partial charge < -0.3 is 10.1 Å². The lowest BCUT2D eigenvalue weighted by Crippen LogP contribution is -2.20. The molecule has 2 aromatic carbocycles. The van der Waals surface area contributed by atoms with Crippen molar-refractivity contribution in [1.82, 2.24) is 0 Å². The summed E-state index contributed by atoms with van der Waals surface area (Å²) in [6.45, 7) is 4.09. The number of ether oxygens (including phenoxy) is 1. The summed E-state index contributed by atoms with van der Waals surface area (Å²) >= 11 is 17.9. The van der Waals surface area contributed by atoms with Gasteiger partial charge in [0.15, 0.2) is 6.61 Å². The Morgan fingerprint density at radius 3 is 2.17 bits per heavy atom. The molecule has 6 heteroatoms. The summed E-state index contributed by atoms with van der Waals surface area (Å²) in [5.74, 6) is 0.712. The quantitative estimate of drug-likeness (QED) is 0.721. The number of nitrogens with one attached hydrogen (secondary N) is 1. The lowest BCUT2D eigenvalue weighted by molar-refractivity contribution is -0.118. The Balaban J connectivity index is 1.95. The topological polar surface area (TPSA) is 38.3 Å². The highest BCUT2D eigenvalue weighted by Crippen LogP contribution is 2.33. The van der Waals surface area contributed by atoms with E-state index >= 15 is 0 Å². The van der Waals surface area contributed by atoms with Gasteiger partial charge in [0.2, 0.25) is 0 Å². The Morgan fingerprint density at radius 2 is 1.65 bits per heavy atom. The number of amides is 1. The van der Waals surface area contributed by atoms with Gasteiger partial charge in [0.25, 0.3) is 5.91 Å². The fourth-order valence-corrected chi connectivity index (χ4v) is 2.85. The molecular formula is C17H16Cl3NO2. The fourth-order valence-electron chi connectivity index (χ4n) is 1.93. The molecule has 1 N–H and O–H groups in total. The summed E-state index contributed by atoms with van der Waals surface area (Å²) in [6, 6.07) is 10.7. The standard InChI is InChI=1S/C17H16Cl3NO2/c1-10(2)11-3-5-13(6-4-11)23-9-16(22)21-17-14(19)7-12(18)8-15(17)20/h3-8,10H,9H2,1-2H3,(H,21,22). The molecule has 2 aromatic rings. The van der Waals surface area contributed by atoms with E-state index in [0.29, 0.717) is 22.4 Å². The Bertz CT molecular complexity index is 676. The van der Waals surface area contributed by atoms with Crippen LogP contribution >= 0.6 is 34.8 Å². The molecule has 2 rings (SSSR count). The molecule has 3 nitrogen and oxygen atoms in total. The van der Waals surface area contributed by atoms with Crippen LogP contribution in [0.3, 0.4) is 0 Å². The minimum Gasteiger partial charge on any atom is -0.484 e. The van der Waals surface area contributed by atoms with E-state index < -0.39 is 0 Å². The molecule has 0 aliphatic heterocycles. The van der Waals surface area contributed by atoms with Gasteiger partial charge in [-0.1, -0.05) is 60.8 Å². The van der Waals surface area contributed by atoms with Crippen LogP contribution in [0.2, 0.25) is 15.1 Å². The maximum absolute atomic E-state index is 12.0. The lowest BCUT2D eigenvalue weighted by atomic mass is 10.0. The van der Waals surface area contributed by atoms with Crippen LogP contribution in [0.1, 0.15) is 25.3 Å². The van der Waals surface area contributed by atoms with Crippen LogP contribution in [0.15, 0.2) is 36.4 Å². The van der Waals surface area contributed by atoms with E-state index in [1.165, 1.54) is 17.7 Å². The summed E-state index contributed by atoms with van der Waals surface area (Å²) < 4.78 is 5.45. The Labute approximate surface area is 150 Å². The second kappa shape index (κ2) is 7.91. The number of benzene rings is 2. The van der Waals surface area contributed by atoms with E-state index in [0.717, 1.165) is 0 Å². The highest BCUT2D eigenvalue weighted by atomic mass is 35.5. The van der Waals surface area contributed by atoms with Crippen LogP contribution in [0.4, 0.5) is 5.69 Å². The number of carbonyl (C=O) groups is 1. The van der Waals surface area contributed by atoms with Crippen molar-refractivity contribution in [1.29, 1.82) is 0 Å². The van der Waals surface area contributed by atoms with Gasteiger partial charge in [0, 0.05) is 5.02 Å². The SMILES string of the molecule is CC(C)c1ccc(OCC(=O)Nc2c(Cl)cc(Cl)cc2Cl)cc1. The normalized spacial score (nSPS) is 10.7. The predicted molar refractivity (Wildman–Crippen MR) is 96.1 cm³/mol. The van der Waals surface area contributed by atoms with Crippen molar-refractivity contribution >= 4 is 46.4 Å². The zero-order valence-electron chi connectivity index (χ0n) is 12.7. The van der Waals surface area contributed by atoms with Gasteiger partial charge in [-0.2, -0.15) is 0 Å². The van der Waals surface area contributed by atoms with E-state index in [2.05, 4.69) is 19.2 Å². The fraction of sp³-hybridized carbons (Fsp3) is 0.235. The molecular weight excluding hydrogens is 357 g/mol. The van der Waals surface area contributed by atoms with E-state index in [4.69, 9.17) is 39.5 Å². The largest absolute Gasteiger partial charge is 0.484 e. The van der Waals surface area contributed by atoms with Crippen molar-refractivity contribution in [3.8, 4) is 5.75 Å². The number of hydrogen-bond donors (Lipinski definition) is 1. The van der Waals surface area contributed by atoms with E-state index in [9.17, 15) is 4.79 Å². The lowest BCUT2D eigenvalue weighted by Gasteiger charge is -2.11. The summed E-state index contributed by atoms with van der Waals surface area (Å²) in [5.41, 5.74) is 1.53. The molecule has 0 spiro atoms. The Morgan fingerprint density at radius 1 is 1.09 bits per heavy atom. The zero-order chi connectivity index (χ0) is 17.0. The van der Waals surface area contributed by atoms with Crippen molar-refractivity contribution in [2.45, 2.75) is 19.8 Å². The molecule has 0 saturated carbocycles. The highest BCUT2D eigenvalue weighted by Gasteiger charge is 2.12. The summed E-state index contributed by atoms with van der Waals surface area (Å²) in [7, 11) is 0. The van der Waals surface area contributed by atoms with Crippen LogP contribution in [0, 0.1) is 0 Å². The van der Waals surface area contributed by atoms with Crippen molar-refractivity contribution in [2.75, 3.05) is 11.9 Å². The van der Waals surface area contributed by atoms with Crippen LogP contribution in [-0.4, -0.2) is 12.5 Å². The summed E-state index contributed by atoms with van der Waals surface area (Å²) in [6.07, 6.45) is 0. The van der Waals surface area contributed by atoms with Gasteiger partial charge in [-0.25, -0.2) is 0 Å². The van der Waals surface area contributed by atoms with Gasteiger partial charge >= 0.3 is 0 Å². The highest BCUT2D eigenvalue weighted by molar-refractivity contribution is 6.42. The first kappa shape index (κ1) is 17.9. The average Bonchev–Trinajstić information content (AvgIpc) is 2.49. The van der Waals surface area contributed by atoms with Gasteiger partial charge in [-0.15, -0.1) is 0 Å². The number of hydrogen-bond acceptors (Lipinski definition) is 2. The van der Waals surface area contributed by atoms with E-state index in [1.54, 1.807) is 0 Å². The molecule has 0 unspecified atom stereocenters. The monoisotopic (exact) mass is 371 g/mol. The molecule has 23 heavy (non-hydrogen) atoms. The van der Waals surface area contributed by atoms with Crippen LogP contribution < -0.4 is 10.1 Å². The van der Waals surface area contributed by atoms with Gasteiger partial charge in [-0.3, -0.25) is 4.79 Å². The number of anilines is 1. The van der Waals surface area contributed by atoms with Crippen LogP contribution in [-0.2, 0) is 4.79 Å². The molecule has 0 heterocycles. The van der Waals surface area contributed by atoms with Crippen molar-refractivity contribution in [3.05, 3.63) is 57.0 Å². The molecule has 0 radical (unpaired) electrons. The minimum atomic E-state index is -0.357. The van der Waals surface area contributed by atoms with Crippen LogP contribution in [0.5, 0.6) is 5.75 Å².